The summed E-state index contributed by atoms with van der Waals surface area (Å²) in [6.45, 7) is 7.16. The third-order valence-corrected chi connectivity index (χ3v) is 3.20. The van der Waals surface area contributed by atoms with E-state index in [1.54, 1.807) is 6.08 Å². The molecule has 98 valence electrons. The van der Waals surface area contributed by atoms with Crippen LogP contribution in [0.25, 0.3) is 0 Å². The zero-order valence-corrected chi connectivity index (χ0v) is 11.3. The highest BCUT2D eigenvalue weighted by Gasteiger charge is 2.26. The molecular weight excluding hydrogens is 216 g/mol. The third-order valence-electron chi connectivity index (χ3n) is 3.20. The van der Waals surface area contributed by atoms with E-state index in [1.807, 2.05) is 6.92 Å². The van der Waals surface area contributed by atoms with E-state index in [-0.39, 0.29) is 11.6 Å². The molecule has 0 radical (unpaired) electrons. The van der Waals surface area contributed by atoms with Crippen molar-refractivity contribution in [3.63, 3.8) is 0 Å². The number of carbonyl (C=O) groups is 1. The molecule has 1 fully saturated rings. The summed E-state index contributed by atoms with van der Waals surface area (Å²) in [4.78, 5) is 11.4. The summed E-state index contributed by atoms with van der Waals surface area (Å²) >= 11 is 0. The van der Waals surface area contributed by atoms with Crippen molar-refractivity contribution < 1.29 is 14.3 Å². The van der Waals surface area contributed by atoms with Crippen LogP contribution < -0.4 is 0 Å². The lowest BCUT2D eigenvalue weighted by molar-refractivity contribution is -0.137. The van der Waals surface area contributed by atoms with Crippen molar-refractivity contribution >= 4 is 5.97 Å². The van der Waals surface area contributed by atoms with E-state index in [9.17, 15) is 4.79 Å². The van der Waals surface area contributed by atoms with Gasteiger partial charge in [0.2, 0.25) is 0 Å². The quantitative estimate of drug-likeness (QED) is 0.559. The summed E-state index contributed by atoms with van der Waals surface area (Å²) in [6.07, 6.45) is 6.91. The summed E-state index contributed by atoms with van der Waals surface area (Å²) in [5, 5.41) is 0. The molecule has 1 rings (SSSR count). The third kappa shape index (κ3) is 4.90. The van der Waals surface area contributed by atoms with Crippen LogP contribution in [0, 0.1) is 0 Å². The molecule has 3 nitrogen and oxygen atoms in total. The van der Waals surface area contributed by atoms with Crippen molar-refractivity contribution in [3.8, 4) is 0 Å². The van der Waals surface area contributed by atoms with Crippen molar-refractivity contribution in [3.05, 3.63) is 11.6 Å². The van der Waals surface area contributed by atoms with Crippen LogP contribution >= 0.6 is 0 Å². The zero-order chi connectivity index (χ0) is 12.7. The first-order valence-electron chi connectivity index (χ1n) is 6.60. The lowest BCUT2D eigenvalue weighted by atomic mass is 9.94. The largest absolute Gasteiger partial charge is 0.463 e. The van der Waals surface area contributed by atoms with Gasteiger partial charge in [0.15, 0.2) is 0 Å². The first-order valence-corrected chi connectivity index (χ1v) is 6.60. The number of esters is 1. The molecule has 0 spiro atoms. The average molecular weight is 240 g/mol. The minimum absolute atomic E-state index is 0.0149. The first-order chi connectivity index (χ1) is 8.09. The maximum absolute atomic E-state index is 11.4. The predicted octanol–water partition coefficient (Wildman–Crippen LogP) is 3.24. The number of hydrogen-bond donors (Lipinski definition) is 0. The van der Waals surface area contributed by atoms with Crippen molar-refractivity contribution in [2.24, 2.45) is 0 Å². The molecule has 0 aromatic heterocycles. The van der Waals surface area contributed by atoms with E-state index >= 15 is 0 Å². The molecule has 3 heteroatoms. The Bertz CT molecular complexity index is 283. The monoisotopic (exact) mass is 240 g/mol. The minimum atomic E-state index is -0.245. The molecule has 0 bridgehead atoms. The van der Waals surface area contributed by atoms with Crippen LogP contribution in [0.15, 0.2) is 11.6 Å². The van der Waals surface area contributed by atoms with Gasteiger partial charge in [-0.1, -0.05) is 13.3 Å². The van der Waals surface area contributed by atoms with Gasteiger partial charge in [0.25, 0.3) is 0 Å². The molecule has 1 heterocycles. The van der Waals surface area contributed by atoms with Gasteiger partial charge in [0.1, 0.15) is 0 Å². The smallest absolute Gasteiger partial charge is 0.330 e. The Morgan fingerprint density at radius 3 is 2.94 bits per heavy atom. The van der Waals surface area contributed by atoms with Crippen molar-refractivity contribution in [2.45, 2.75) is 58.5 Å². The molecule has 1 atom stereocenters. The van der Waals surface area contributed by atoms with Crippen molar-refractivity contribution in [2.75, 3.05) is 13.2 Å². The summed E-state index contributed by atoms with van der Waals surface area (Å²) in [7, 11) is 0. The topological polar surface area (TPSA) is 35.5 Å². The second-order valence-corrected chi connectivity index (χ2v) is 4.90. The van der Waals surface area contributed by atoms with E-state index in [0.717, 1.165) is 37.7 Å². The van der Waals surface area contributed by atoms with E-state index in [2.05, 4.69) is 13.8 Å². The van der Waals surface area contributed by atoms with Crippen molar-refractivity contribution in [1.29, 1.82) is 0 Å². The fourth-order valence-corrected chi connectivity index (χ4v) is 2.29. The van der Waals surface area contributed by atoms with E-state index in [4.69, 9.17) is 9.47 Å². The molecule has 1 saturated heterocycles. The Labute approximate surface area is 104 Å². The van der Waals surface area contributed by atoms with Gasteiger partial charge in [-0.2, -0.15) is 0 Å². The van der Waals surface area contributed by atoms with Gasteiger partial charge in [0, 0.05) is 6.08 Å². The maximum Gasteiger partial charge on any atom is 0.330 e. The first kappa shape index (κ1) is 14.2. The molecule has 0 amide bonds. The number of ether oxygens (including phenoxy) is 2. The number of rotatable bonds is 4. The van der Waals surface area contributed by atoms with Gasteiger partial charge in [0.05, 0.1) is 18.8 Å². The molecule has 17 heavy (non-hydrogen) atoms. The van der Waals surface area contributed by atoms with Crippen LogP contribution in [-0.4, -0.2) is 24.8 Å². The maximum atomic E-state index is 11.4. The van der Waals surface area contributed by atoms with Gasteiger partial charge in [-0.15, -0.1) is 0 Å². The molecule has 0 aromatic carbocycles. The fraction of sp³-hybridized carbons (Fsp3) is 0.786. The van der Waals surface area contributed by atoms with Gasteiger partial charge >= 0.3 is 5.97 Å². The van der Waals surface area contributed by atoms with Gasteiger partial charge < -0.3 is 9.47 Å². The van der Waals surface area contributed by atoms with Crippen LogP contribution in [0.5, 0.6) is 0 Å². The van der Waals surface area contributed by atoms with Crippen LogP contribution in [0.3, 0.4) is 0 Å². The summed E-state index contributed by atoms with van der Waals surface area (Å²) in [5.41, 5.74) is 1.04. The second-order valence-electron chi connectivity index (χ2n) is 4.90. The Morgan fingerprint density at radius 2 is 2.29 bits per heavy atom. The van der Waals surface area contributed by atoms with Gasteiger partial charge in [-0.25, -0.2) is 4.79 Å². The van der Waals surface area contributed by atoms with Crippen LogP contribution in [0.4, 0.5) is 0 Å². The highest BCUT2D eigenvalue weighted by molar-refractivity contribution is 5.82. The second kappa shape index (κ2) is 6.80. The highest BCUT2D eigenvalue weighted by atomic mass is 16.5. The summed E-state index contributed by atoms with van der Waals surface area (Å²) in [5.74, 6) is -0.245. The normalized spacial score (nSPS) is 27.8. The average Bonchev–Trinajstić information content (AvgIpc) is 2.42. The molecule has 0 aliphatic carbocycles. The minimum Gasteiger partial charge on any atom is -0.463 e. The standard InChI is InChI=1S/C14H24O3/c1-4-8-14(3)9-6-7-12(11-17-14)10-13(15)16-5-2/h10H,4-9,11H2,1-3H3. The molecule has 1 aliphatic heterocycles. The summed E-state index contributed by atoms with van der Waals surface area (Å²) < 4.78 is 10.9. The zero-order valence-electron chi connectivity index (χ0n) is 11.3. The molecule has 0 aromatic rings. The number of carbonyl (C=O) groups excluding carboxylic acids is 1. The predicted molar refractivity (Wildman–Crippen MR) is 67.8 cm³/mol. The number of hydrogen-bond acceptors (Lipinski definition) is 3. The molecule has 1 aliphatic rings. The Morgan fingerprint density at radius 1 is 1.53 bits per heavy atom. The lowest BCUT2D eigenvalue weighted by Crippen LogP contribution is -2.27. The van der Waals surface area contributed by atoms with E-state index < -0.39 is 0 Å². The fourth-order valence-electron chi connectivity index (χ4n) is 2.29. The van der Waals surface area contributed by atoms with E-state index in [1.165, 1.54) is 0 Å². The van der Waals surface area contributed by atoms with Crippen LogP contribution in [0.1, 0.15) is 52.9 Å². The summed E-state index contributed by atoms with van der Waals surface area (Å²) in [6, 6.07) is 0. The van der Waals surface area contributed by atoms with Crippen molar-refractivity contribution in [1.82, 2.24) is 0 Å². The lowest BCUT2D eigenvalue weighted by Gasteiger charge is -2.27. The SMILES string of the molecule is CCCC1(C)CCCC(=CC(=O)OCC)CO1. The Kier molecular flexibility index (Phi) is 5.69. The highest BCUT2D eigenvalue weighted by Crippen LogP contribution is 2.29. The molecule has 1 unspecified atom stereocenters. The van der Waals surface area contributed by atoms with Crippen LogP contribution in [-0.2, 0) is 14.3 Å². The molecule has 0 saturated carbocycles. The molecular formula is C14H24O3. The van der Waals surface area contributed by atoms with E-state index in [0.29, 0.717) is 13.2 Å². The van der Waals surface area contributed by atoms with Gasteiger partial charge in [-0.05, 0) is 45.1 Å². The Hall–Kier alpha value is -0.830. The van der Waals surface area contributed by atoms with Crippen LogP contribution in [0.2, 0.25) is 0 Å². The van der Waals surface area contributed by atoms with Gasteiger partial charge in [-0.3, -0.25) is 0 Å². The molecule has 0 N–H and O–H groups in total. The Balaban J connectivity index is 2.55.